The lowest BCUT2D eigenvalue weighted by molar-refractivity contribution is -0.158. The molecule has 0 saturated carbocycles. The molecular weight excluding hydrogens is 373 g/mol. The van der Waals surface area contributed by atoms with Gasteiger partial charge in [-0.2, -0.15) is 5.10 Å². The number of ether oxygens (including phenoxy) is 1. The summed E-state index contributed by atoms with van der Waals surface area (Å²) in [5.41, 5.74) is 3.77. The third-order valence-electron chi connectivity index (χ3n) is 5.83. The number of hydrogen-bond acceptors (Lipinski definition) is 4. The van der Waals surface area contributed by atoms with Crippen LogP contribution in [0.3, 0.4) is 0 Å². The molecule has 1 aliphatic carbocycles. The summed E-state index contributed by atoms with van der Waals surface area (Å²) in [6.07, 6.45) is 5.69. The lowest BCUT2D eigenvalue weighted by atomic mass is 10.0. The predicted octanol–water partition coefficient (Wildman–Crippen LogP) is 3.33. The van der Waals surface area contributed by atoms with E-state index >= 15 is 0 Å². The van der Waals surface area contributed by atoms with E-state index in [1.165, 1.54) is 12.1 Å². The maximum Gasteiger partial charge on any atom is 0.329 e. The molecule has 6 nitrogen and oxygen atoms in total. The van der Waals surface area contributed by atoms with Gasteiger partial charge in [0.1, 0.15) is 24.2 Å². The molecule has 0 bridgehead atoms. The average Bonchev–Trinajstić information content (AvgIpc) is 3.35. The number of piperidine rings is 1. The zero-order valence-electron chi connectivity index (χ0n) is 16.7. The second-order valence-electron chi connectivity index (χ2n) is 7.67. The maximum absolute atomic E-state index is 13.3. The number of likely N-dealkylation sites (tertiary alicyclic amines) is 1. The second-order valence-corrected chi connectivity index (χ2v) is 7.67. The summed E-state index contributed by atoms with van der Waals surface area (Å²) in [5.74, 6) is -0.645. The molecule has 29 heavy (non-hydrogen) atoms. The molecule has 0 spiro atoms. The van der Waals surface area contributed by atoms with Crippen molar-refractivity contribution in [3.63, 3.8) is 0 Å². The zero-order valence-corrected chi connectivity index (χ0v) is 16.7. The Hall–Kier alpha value is -2.70. The molecule has 1 saturated heterocycles. The van der Waals surface area contributed by atoms with Gasteiger partial charge >= 0.3 is 5.97 Å². The molecule has 1 aromatic carbocycles. The molecule has 1 unspecified atom stereocenters. The van der Waals surface area contributed by atoms with E-state index in [0.717, 1.165) is 54.7 Å². The van der Waals surface area contributed by atoms with Crippen molar-refractivity contribution >= 4 is 11.9 Å². The Bertz CT molecular complexity index is 907. The van der Waals surface area contributed by atoms with E-state index in [9.17, 15) is 14.0 Å². The summed E-state index contributed by atoms with van der Waals surface area (Å²) in [6.45, 7) is 2.52. The number of aromatic nitrogens is 2. The summed E-state index contributed by atoms with van der Waals surface area (Å²) in [6, 6.07) is 5.74. The van der Waals surface area contributed by atoms with E-state index in [-0.39, 0.29) is 24.3 Å². The number of fused-ring (bicyclic) bond motifs is 1. The second kappa shape index (κ2) is 8.35. The van der Waals surface area contributed by atoms with Crippen LogP contribution in [0.15, 0.2) is 24.3 Å². The number of carbonyl (C=O) groups is 2. The lowest BCUT2D eigenvalue weighted by Gasteiger charge is -2.33. The van der Waals surface area contributed by atoms with E-state index in [2.05, 4.69) is 5.10 Å². The fourth-order valence-electron chi connectivity index (χ4n) is 4.34. The van der Waals surface area contributed by atoms with Gasteiger partial charge in [-0.05, 0) is 62.8 Å². The Morgan fingerprint density at radius 3 is 2.72 bits per heavy atom. The van der Waals surface area contributed by atoms with Crippen LogP contribution in [-0.2, 0) is 33.8 Å². The number of rotatable bonds is 5. The number of esters is 1. The molecule has 0 radical (unpaired) electrons. The first-order valence-corrected chi connectivity index (χ1v) is 10.4. The molecule has 154 valence electrons. The number of nitrogens with zero attached hydrogens (tertiary/aromatic N) is 3. The van der Waals surface area contributed by atoms with E-state index < -0.39 is 6.04 Å². The van der Waals surface area contributed by atoms with E-state index in [0.29, 0.717) is 19.4 Å². The van der Waals surface area contributed by atoms with Gasteiger partial charge in [0.25, 0.3) is 0 Å². The van der Waals surface area contributed by atoms with Crippen LogP contribution in [0.25, 0.3) is 5.69 Å². The Kier molecular flexibility index (Phi) is 5.65. The van der Waals surface area contributed by atoms with Gasteiger partial charge in [-0.3, -0.25) is 4.79 Å². The highest BCUT2D eigenvalue weighted by Gasteiger charge is 2.33. The molecule has 1 amide bonds. The molecule has 2 aromatic rings. The largest absolute Gasteiger partial charge is 0.458 e. The molecule has 1 fully saturated rings. The molecule has 4 rings (SSSR count). The van der Waals surface area contributed by atoms with Crippen molar-refractivity contribution in [3.8, 4) is 5.69 Å². The Balaban J connectivity index is 1.50. The van der Waals surface area contributed by atoms with Crippen molar-refractivity contribution in [1.29, 1.82) is 0 Å². The summed E-state index contributed by atoms with van der Waals surface area (Å²) in [7, 11) is 0. The van der Waals surface area contributed by atoms with Crippen LogP contribution in [0.5, 0.6) is 0 Å². The van der Waals surface area contributed by atoms with Crippen molar-refractivity contribution in [3.05, 3.63) is 47.0 Å². The number of hydrogen-bond donors (Lipinski definition) is 0. The molecule has 1 aromatic heterocycles. The van der Waals surface area contributed by atoms with Crippen molar-refractivity contribution in [2.24, 2.45) is 0 Å². The van der Waals surface area contributed by atoms with Gasteiger partial charge in [0.2, 0.25) is 5.91 Å². The third-order valence-corrected chi connectivity index (χ3v) is 5.83. The van der Waals surface area contributed by atoms with Gasteiger partial charge in [-0.25, -0.2) is 13.9 Å². The molecule has 0 N–H and O–H groups in total. The van der Waals surface area contributed by atoms with Gasteiger partial charge in [0.15, 0.2) is 0 Å². The molecule has 1 atom stereocenters. The molecule has 2 aliphatic rings. The number of halogens is 1. The molecule has 2 heterocycles. The minimum Gasteiger partial charge on any atom is -0.458 e. The SMILES string of the molecule is CCC(=O)N1CCCCC1C(=O)OCc1nn(-c2ccc(F)cc2)c2c1CCC2. The monoisotopic (exact) mass is 399 g/mol. The van der Waals surface area contributed by atoms with Crippen molar-refractivity contribution < 1.29 is 18.7 Å². The van der Waals surface area contributed by atoms with Crippen LogP contribution in [0.4, 0.5) is 4.39 Å². The topological polar surface area (TPSA) is 64.4 Å². The molecule has 1 aliphatic heterocycles. The fourth-order valence-corrected chi connectivity index (χ4v) is 4.34. The highest BCUT2D eigenvalue weighted by Crippen LogP contribution is 2.29. The van der Waals surface area contributed by atoms with Crippen LogP contribution < -0.4 is 0 Å². The Morgan fingerprint density at radius 2 is 1.97 bits per heavy atom. The Labute approximate surface area is 169 Å². The van der Waals surface area contributed by atoms with Gasteiger partial charge in [0.05, 0.1) is 5.69 Å². The smallest absolute Gasteiger partial charge is 0.329 e. The normalized spacial score (nSPS) is 18.6. The molecule has 7 heteroatoms. The van der Waals surface area contributed by atoms with Crippen molar-refractivity contribution in [1.82, 2.24) is 14.7 Å². The summed E-state index contributed by atoms with van der Waals surface area (Å²) < 4.78 is 20.7. The first kappa shape index (κ1) is 19.6. The average molecular weight is 399 g/mol. The standard InChI is InChI=1S/C22H26FN3O3/c1-2-21(27)25-13-4-3-7-20(25)22(28)29-14-18-17-6-5-8-19(17)26(24-18)16-11-9-15(23)10-12-16/h9-12,20H,2-8,13-14H2,1H3. The zero-order chi connectivity index (χ0) is 20.4. The van der Waals surface area contributed by atoms with E-state index in [1.54, 1.807) is 17.0 Å². The van der Waals surface area contributed by atoms with Gasteiger partial charge in [-0.1, -0.05) is 6.92 Å². The number of amides is 1. The number of benzene rings is 1. The van der Waals surface area contributed by atoms with Gasteiger partial charge in [-0.15, -0.1) is 0 Å². The highest BCUT2D eigenvalue weighted by atomic mass is 19.1. The Morgan fingerprint density at radius 1 is 1.17 bits per heavy atom. The van der Waals surface area contributed by atoms with Crippen molar-refractivity contribution in [2.45, 2.75) is 64.5 Å². The van der Waals surface area contributed by atoms with E-state index in [4.69, 9.17) is 4.74 Å². The summed E-state index contributed by atoms with van der Waals surface area (Å²) >= 11 is 0. The summed E-state index contributed by atoms with van der Waals surface area (Å²) in [5, 5.41) is 4.66. The van der Waals surface area contributed by atoms with Crippen LogP contribution in [0.2, 0.25) is 0 Å². The van der Waals surface area contributed by atoms with Crippen LogP contribution in [-0.4, -0.2) is 39.1 Å². The third kappa shape index (κ3) is 3.91. The van der Waals surface area contributed by atoms with E-state index in [1.807, 2.05) is 11.6 Å². The maximum atomic E-state index is 13.3. The predicted molar refractivity (Wildman–Crippen MR) is 105 cm³/mol. The minimum absolute atomic E-state index is 0.00636. The van der Waals surface area contributed by atoms with Crippen molar-refractivity contribution in [2.75, 3.05) is 6.54 Å². The highest BCUT2D eigenvalue weighted by molar-refractivity contribution is 5.84. The number of carbonyl (C=O) groups excluding carboxylic acids is 2. The van der Waals surface area contributed by atoms with Gasteiger partial charge < -0.3 is 9.64 Å². The van der Waals surface area contributed by atoms with Gasteiger partial charge in [0, 0.05) is 24.2 Å². The first-order chi connectivity index (χ1) is 14.1. The molecular formula is C22H26FN3O3. The quantitative estimate of drug-likeness (QED) is 0.724. The fraction of sp³-hybridized carbons (Fsp3) is 0.500. The first-order valence-electron chi connectivity index (χ1n) is 10.4. The minimum atomic E-state index is -0.497. The van der Waals surface area contributed by atoms with Crippen LogP contribution in [0, 0.1) is 5.82 Å². The van der Waals surface area contributed by atoms with Crippen LogP contribution >= 0.6 is 0 Å². The summed E-state index contributed by atoms with van der Waals surface area (Å²) in [4.78, 5) is 26.6. The van der Waals surface area contributed by atoms with Crippen LogP contribution in [0.1, 0.15) is 56.0 Å². The lowest BCUT2D eigenvalue weighted by Crippen LogP contribution is -2.48.